The van der Waals surface area contributed by atoms with Crippen LogP contribution in [0, 0.1) is 3.57 Å². The Morgan fingerprint density at radius 1 is 1.12 bits per heavy atom. The monoisotopic (exact) mass is 377 g/mol. The minimum Gasteiger partial charge on any atom is -0.251 e. The molecule has 2 aromatic rings. The lowest BCUT2D eigenvalue weighted by Gasteiger charge is -2.18. The zero-order valence-corrected chi connectivity index (χ0v) is 12.7. The molecule has 0 N–H and O–H groups in total. The van der Waals surface area contributed by atoms with Crippen molar-refractivity contribution in [3.05, 3.63) is 37.0 Å². The lowest BCUT2D eigenvalue weighted by atomic mass is 9.94. The Labute approximate surface area is 124 Å². The van der Waals surface area contributed by atoms with Crippen LogP contribution in [0.15, 0.2) is 12.1 Å². The maximum atomic E-state index is 6.50. The number of fused-ring (bicyclic) bond motifs is 2. The predicted molar refractivity (Wildman–Crippen MR) is 81.1 cm³/mol. The SMILES string of the molecule is Clc1cc(I)c2nc3c(c(Cl)c2c1)CCCC3. The Bertz CT molecular complexity index is 610. The first-order chi connectivity index (χ1) is 8.16. The van der Waals surface area contributed by atoms with E-state index in [0.717, 1.165) is 37.4 Å². The van der Waals surface area contributed by atoms with Crippen LogP contribution >= 0.6 is 45.8 Å². The molecule has 4 heteroatoms. The van der Waals surface area contributed by atoms with Crippen LogP contribution in [0.25, 0.3) is 10.9 Å². The molecule has 0 amide bonds. The van der Waals surface area contributed by atoms with Crippen molar-refractivity contribution in [2.45, 2.75) is 25.7 Å². The average Bonchev–Trinajstić information content (AvgIpc) is 2.31. The van der Waals surface area contributed by atoms with Crippen molar-refractivity contribution in [2.24, 2.45) is 0 Å². The molecular weight excluding hydrogens is 368 g/mol. The second-order valence-corrected chi connectivity index (χ2v) is 6.32. The fourth-order valence-corrected chi connectivity index (χ4v) is 3.89. The molecule has 3 rings (SSSR count). The van der Waals surface area contributed by atoms with Gasteiger partial charge in [-0.1, -0.05) is 23.2 Å². The molecule has 0 radical (unpaired) electrons. The first-order valence-electron chi connectivity index (χ1n) is 5.63. The minimum absolute atomic E-state index is 0.723. The van der Waals surface area contributed by atoms with Crippen LogP contribution in [0.3, 0.4) is 0 Å². The first-order valence-corrected chi connectivity index (χ1v) is 7.46. The molecule has 1 heterocycles. The molecule has 0 fully saturated rings. The number of aryl methyl sites for hydroxylation is 1. The largest absolute Gasteiger partial charge is 0.251 e. The Kier molecular flexibility index (Phi) is 3.22. The van der Waals surface area contributed by atoms with Gasteiger partial charge in [-0.15, -0.1) is 0 Å². The lowest BCUT2D eigenvalue weighted by Crippen LogP contribution is -2.07. The molecule has 1 aliphatic carbocycles. The smallest absolute Gasteiger partial charge is 0.0854 e. The van der Waals surface area contributed by atoms with Gasteiger partial charge >= 0.3 is 0 Å². The average molecular weight is 378 g/mol. The van der Waals surface area contributed by atoms with Crippen LogP contribution in [-0.4, -0.2) is 4.98 Å². The maximum absolute atomic E-state index is 6.50. The van der Waals surface area contributed by atoms with E-state index in [4.69, 9.17) is 28.2 Å². The van der Waals surface area contributed by atoms with Crippen LogP contribution in [0.4, 0.5) is 0 Å². The van der Waals surface area contributed by atoms with Gasteiger partial charge in [0.05, 0.1) is 10.5 Å². The summed E-state index contributed by atoms with van der Waals surface area (Å²) < 4.78 is 1.07. The van der Waals surface area contributed by atoms with Crippen LogP contribution in [0.5, 0.6) is 0 Å². The standard InChI is InChI=1S/C13H10Cl2IN/c14-7-5-9-12(15)8-3-1-2-4-11(8)17-13(9)10(16)6-7/h5-6H,1-4H2. The fraction of sp³-hybridized carbons (Fsp3) is 0.308. The summed E-state index contributed by atoms with van der Waals surface area (Å²) in [5.74, 6) is 0. The molecular formula is C13H10Cl2IN. The number of hydrogen-bond donors (Lipinski definition) is 0. The van der Waals surface area contributed by atoms with E-state index in [0.29, 0.717) is 0 Å². The third-order valence-electron chi connectivity index (χ3n) is 3.22. The summed E-state index contributed by atoms with van der Waals surface area (Å²) in [6.45, 7) is 0. The Hall–Kier alpha value is -0.0600. The molecule has 0 aliphatic heterocycles. The van der Waals surface area contributed by atoms with E-state index < -0.39 is 0 Å². The molecule has 1 aromatic heterocycles. The summed E-state index contributed by atoms with van der Waals surface area (Å²) in [5.41, 5.74) is 3.39. The highest BCUT2D eigenvalue weighted by Gasteiger charge is 2.18. The van der Waals surface area contributed by atoms with Crippen LogP contribution in [0.2, 0.25) is 10.0 Å². The van der Waals surface area contributed by atoms with Crippen LogP contribution in [-0.2, 0) is 12.8 Å². The van der Waals surface area contributed by atoms with Gasteiger partial charge in [0.15, 0.2) is 0 Å². The second-order valence-electron chi connectivity index (χ2n) is 4.34. The van der Waals surface area contributed by atoms with E-state index in [9.17, 15) is 0 Å². The third-order valence-corrected chi connectivity index (χ3v) is 4.69. The second kappa shape index (κ2) is 4.56. The highest BCUT2D eigenvalue weighted by atomic mass is 127. The Balaban J connectivity index is 2.40. The summed E-state index contributed by atoms with van der Waals surface area (Å²) in [5, 5.41) is 2.57. The van der Waals surface area contributed by atoms with Gasteiger partial charge in [0.2, 0.25) is 0 Å². The topological polar surface area (TPSA) is 12.9 Å². The normalized spacial score (nSPS) is 15.0. The molecule has 17 heavy (non-hydrogen) atoms. The van der Waals surface area contributed by atoms with E-state index in [1.54, 1.807) is 0 Å². The Morgan fingerprint density at radius 3 is 2.71 bits per heavy atom. The van der Waals surface area contributed by atoms with Crippen molar-refractivity contribution in [2.75, 3.05) is 0 Å². The van der Waals surface area contributed by atoms with Gasteiger partial charge in [-0.3, -0.25) is 4.98 Å². The summed E-state index contributed by atoms with van der Waals surface area (Å²) >= 11 is 14.9. The van der Waals surface area contributed by atoms with Gasteiger partial charge in [-0.2, -0.15) is 0 Å². The van der Waals surface area contributed by atoms with Crippen molar-refractivity contribution in [3.8, 4) is 0 Å². The van der Waals surface area contributed by atoms with Gasteiger partial charge in [0, 0.05) is 19.7 Å². The van der Waals surface area contributed by atoms with Crippen molar-refractivity contribution >= 4 is 56.7 Å². The van der Waals surface area contributed by atoms with Crippen molar-refractivity contribution in [1.29, 1.82) is 0 Å². The zero-order valence-electron chi connectivity index (χ0n) is 9.06. The van der Waals surface area contributed by atoms with Crippen molar-refractivity contribution in [1.82, 2.24) is 4.98 Å². The summed E-state index contributed by atoms with van der Waals surface area (Å²) in [4.78, 5) is 4.77. The van der Waals surface area contributed by atoms with E-state index in [1.807, 2.05) is 12.1 Å². The molecule has 1 aliphatic rings. The van der Waals surface area contributed by atoms with E-state index in [2.05, 4.69) is 22.6 Å². The molecule has 0 atom stereocenters. The first kappa shape index (κ1) is 12.0. The van der Waals surface area contributed by atoms with Gasteiger partial charge in [0.25, 0.3) is 0 Å². The van der Waals surface area contributed by atoms with Gasteiger partial charge in [0.1, 0.15) is 0 Å². The van der Waals surface area contributed by atoms with Crippen LogP contribution < -0.4 is 0 Å². The highest BCUT2D eigenvalue weighted by molar-refractivity contribution is 14.1. The minimum atomic E-state index is 0.723. The summed E-state index contributed by atoms with van der Waals surface area (Å²) in [6.07, 6.45) is 4.51. The fourth-order valence-electron chi connectivity index (χ4n) is 2.39. The molecule has 0 saturated carbocycles. The lowest BCUT2D eigenvalue weighted by molar-refractivity contribution is 0.671. The molecule has 88 valence electrons. The number of rotatable bonds is 0. The highest BCUT2D eigenvalue weighted by Crippen LogP contribution is 2.35. The molecule has 1 aromatic carbocycles. The van der Waals surface area contributed by atoms with Crippen LogP contribution in [0.1, 0.15) is 24.1 Å². The third kappa shape index (κ3) is 2.04. The number of aromatic nitrogens is 1. The van der Waals surface area contributed by atoms with Gasteiger partial charge in [-0.25, -0.2) is 0 Å². The predicted octanol–water partition coefficient (Wildman–Crippen LogP) is 5.03. The number of benzene rings is 1. The summed E-state index contributed by atoms with van der Waals surface area (Å²) in [6, 6.07) is 3.85. The molecule has 0 bridgehead atoms. The zero-order chi connectivity index (χ0) is 12.0. The number of pyridine rings is 1. The number of nitrogens with zero attached hydrogens (tertiary/aromatic N) is 1. The number of halogens is 3. The summed E-state index contributed by atoms with van der Waals surface area (Å²) in [7, 11) is 0. The molecule has 0 spiro atoms. The van der Waals surface area contributed by atoms with E-state index >= 15 is 0 Å². The number of hydrogen-bond acceptors (Lipinski definition) is 1. The van der Waals surface area contributed by atoms with E-state index in [1.165, 1.54) is 24.1 Å². The quantitative estimate of drug-likeness (QED) is 0.587. The van der Waals surface area contributed by atoms with E-state index in [-0.39, 0.29) is 0 Å². The molecule has 0 unspecified atom stereocenters. The molecule has 0 saturated heterocycles. The van der Waals surface area contributed by atoms with Gasteiger partial charge in [-0.05, 0) is 66.0 Å². The Morgan fingerprint density at radius 2 is 1.88 bits per heavy atom. The van der Waals surface area contributed by atoms with Gasteiger partial charge < -0.3 is 0 Å². The molecule has 1 nitrogen and oxygen atoms in total. The van der Waals surface area contributed by atoms with Crippen molar-refractivity contribution in [3.63, 3.8) is 0 Å². The van der Waals surface area contributed by atoms with Crippen molar-refractivity contribution < 1.29 is 0 Å². The maximum Gasteiger partial charge on any atom is 0.0854 e.